The van der Waals surface area contributed by atoms with Crippen LogP contribution in [0.5, 0.6) is 5.75 Å². The van der Waals surface area contributed by atoms with Gasteiger partial charge in [-0.15, -0.1) is 0 Å². The first-order valence-electron chi connectivity index (χ1n) is 4.10. The Labute approximate surface area is 78.8 Å². The second-order valence-electron chi connectivity index (χ2n) is 2.68. The number of ether oxygens (including phenoxy) is 2. The molecule has 13 heavy (non-hydrogen) atoms. The molecule has 0 unspecified atom stereocenters. The molecule has 0 N–H and O–H groups in total. The van der Waals surface area contributed by atoms with Crippen LogP contribution in [0.4, 0.5) is 0 Å². The fourth-order valence-electron chi connectivity index (χ4n) is 1.28. The minimum absolute atomic E-state index is 0.560. The molecule has 0 bridgehead atoms. The summed E-state index contributed by atoms with van der Waals surface area (Å²) in [5.41, 5.74) is 2.04. The summed E-state index contributed by atoms with van der Waals surface area (Å²) in [7, 11) is 3.32. The third-order valence-electron chi connectivity index (χ3n) is 1.85. The molecule has 0 amide bonds. The minimum atomic E-state index is 0.560. The first kappa shape index (κ1) is 9.81. The van der Waals surface area contributed by atoms with Gasteiger partial charge < -0.3 is 9.47 Å². The molecule has 0 aliphatic carbocycles. The van der Waals surface area contributed by atoms with E-state index in [1.54, 1.807) is 20.3 Å². The Kier molecular flexibility index (Phi) is 3.53. The molecular formula is C11H14O2. The highest BCUT2D eigenvalue weighted by Gasteiger charge is 2.05. The topological polar surface area (TPSA) is 18.5 Å². The average Bonchev–Trinajstić information content (AvgIpc) is 2.18. The van der Waals surface area contributed by atoms with Crippen molar-refractivity contribution in [2.24, 2.45) is 0 Å². The Bertz CT molecular complexity index is 292. The van der Waals surface area contributed by atoms with E-state index in [1.807, 2.05) is 18.2 Å². The first-order valence-corrected chi connectivity index (χ1v) is 4.10. The summed E-state index contributed by atoms with van der Waals surface area (Å²) in [5, 5.41) is 0. The van der Waals surface area contributed by atoms with Gasteiger partial charge >= 0.3 is 0 Å². The quantitative estimate of drug-likeness (QED) is 0.705. The SMILES string of the molecule is C=Cc1cccc(COC)c1OC. The lowest BCUT2D eigenvalue weighted by atomic mass is 10.1. The maximum atomic E-state index is 5.27. The van der Waals surface area contributed by atoms with Gasteiger partial charge in [-0.1, -0.05) is 30.9 Å². The summed E-state index contributed by atoms with van der Waals surface area (Å²) in [5.74, 6) is 0.847. The van der Waals surface area contributed by atoms with Crippen LogP contribution in [0.2, 0.25) is 0 Å². The fraction of sp³-hybridized carbons (Fsp3) is 0.273. The van der Waals surface area contributed by atoms with Gasteiger partial charge in [0.25, 0.3) is 0 Å². The second-order valence-corrected chi connectivity index (χ2v) is 2.68. The van der Waals surface area contributed by atoms with Crippen LogP contribution >= 0.6 is 0 Å². The Morgan fingerprint density at radius 2 is 2.15 bits per heavy atom. The van der Waals surface area contributed by atoms with Gasteiger partial charge in [-0.3, -0.25) is 0 Å². The van der Waals surface area contributed by atoms with Crippen molar-refractivity contribution in [2.45, 2.75) is 6.61 Å². The Morgan fingerprint density at radius 3 is 2.69 bits per heavy atom. The zero-order chi connectivity index (χ0) is 9.68. The lowest BCUT2D eigenvalue weighted by molar-refractivity contribution is 0.181. The van der Waals surface area contributed by atoms with Crippen molar-refractivity contribution in [3.8, 4) is 5.75 Å². The van der Waals surface area contributed by atoms with Crippen LogP contribution in [0.3, 0.4) is 0 Å². The van der Waals surface area contributed by atoms with E-state index in [4.69, 9.17) is 9.47 Å². The van der Waals surface area contributed by atoms with Crippen molar-refractivity contribution in [3.63, 3.8) is 0 Å². The Hall–Kier alpha value is -1.28. The van der Waals surface area contributed by atoms with E-state index in [0.717, 1.165) is 16.9 Å². The van der Waals surface area contributed by atoms with Gasteiger partial charge in [0.15, 0.2) is 0 Å². The number of methoxy groups -OCH3 is 2. The minimum Gasteiger partial charge on any atom is -0.496 e. The van der Waals surface area contributed by atoms with Crippen LogP contribution in [0.15, 0.2) is 24.8 Å². The highest BCUT2D eigenvalue weighted by molar-refractivity contribution is 5.58. The maximum absolute atomic E-state index is 5.27. The fourth-order valence-corrected chi connectivity index (χ4v) is 1.28. The number of hydrogen-bond donors (Lipinski definition) is 0. The molecule has 0 radical (unpaired) electrons. The number of para-hydroxylation sites is 1. The predicted molar refractivity (Wildman–Crippen MR) is 53.8 cm³/mol. The van der Waals surface area contributed by atoms with Gasteiger partial charge in [0, 0.05) is 18.2 Å². The summed E-state index contributed by atoms with van der Waals surface area (Å²) in [6, 6.07) is 5.91. The van der Waals surface area contributed by atoms with Gasteiger partial charge in [0.2, 0.25) is 0 Å². The van der Waals surface area contributed by atoms with E-state index in [1.165, 1.54) is 0 Å². The number of benzene rings is 1. The zero-order valence-electron chi connectivity index (χ0n) is 8.04. The molecule has 0 aliphatic rings. The summed E-state index contributed by atoms with van der Waals surface area (Å²) in [6.07, 6.45) is 1.78. The van der Waals surface area contributed by atoms with Crippen LogP contribution in [0.25, 0.3) is 6.08 Å². The van der Waals surface area contributed by atoms with Crippen molar-refractivity contribution < 1.29 is 9.47 Å². The normalized spacial score (nSPS) is 9.69. The molecule has 0 atom stereocenters. The smallest absolute Gasteiger partial charge is 0.131 e. The molecular weight excluding hydrogens is 164 g/mol. The summed E-state index contributed by atoms with van der Waals surface area (Å²) in [4.78, 5) is 0. The summed E-state index contributed by atoms with van der Waals surface area (Å²) < 4.78 is 10.3. The lowest BCUT2D eigenvalue weighted by Gasteiger charge is -2.10. The molecule has 0 aliphatic heterocycles. The lowest BCUT2D eigenvalue weighted by Crippen LogP contribution is -1.95. The maximum Gasteiger partial charge on any atom is 0.131 e. The Morgan fingerprint density at radius 1 is 1.38 bits per heavy atom. The number of hydrogen-bond acceptors (Lipinski definition) is 2. The van der Waals surface area contributed by atoms with E-state index in [0.29, 0.717) is 6.61 Å². The van der Waals surface area contributed by atoms with E-state index < -0.39 is 0 Å². The molecule has 1 rings (SSSR count). The third-order valence-corrected chi connectivity index (χ3v) is 1.85. The summed E-state index contributed by atoms with van der Waals surface area (Å²) >= 11 is 0. The van der Waals surface area contributed by atoms with Gasteiger partial charge in [-0.2, -0.15) is 0 Å². The molecule has 0 spiro atoms. The molecule has 2 heteroatoms. The molecule has 0 heterocycles. The molecule has 2 nitrogen and oxygen atoms in total. The highest BCUT2D eigenvalue weighted by atomic mass is 16.5. The molecule has 1 aromatic carbocycles. The second kappa shape index (κ2) is 4.67. The molecule has 0 aromatic heterocycles. The highest BCUT2D eigenvalue weighted by Crippen LogP contribution is 2.24. The van der Waals surface area contributed by atoms with Gasteiger partial charge in [0.05, 0.1) is 13.7 Å². The monoisotopic (exact) mass is 178 g/mol. The van der Waals surface area contributed by atoms with Crippen molar-refractivity contribution >= 4 is 6.08 Å². The van der Waals surface area contributed by atoms with Crippen molar-refractivity contribution in [1.29, 1.82) is 0 Å². The van der Waals surface area contributed by atoms with Crippen LogP contribution in [-0.4, -0.2) is 14.2 Å². The zero-order valence-corrected chi connectivity index (χ0v) is 8.04. The van der Waals surface area contributed by atoms with E-state index in [9.17, 15) is 0 Å². The van der Waals surface area contributed by atoms with Crippen molar-refractivity contribution in [1.82, 2.24) is 0 Å². The molecule has 0 fully saturated rings. The van der Waals surface area contributed by atoms with Crippen molar-refractivity contribution in [2.75, 3.05) is 14.2 Å². The van der Waals surface area contributed by atoms with E-state index in [2.05, 4.69) is 6.58 Å². The van der Waals surface area contributed by atoms with Crippen LogP contribution in [0.1, 0.15) is 11.1 Å². The first-order chi connectivity index (χ1) is 6.33. The molecule has 70 valence electrons. The summed E-state index contributed by atoms with van der Waals surface area (Å²) in [6.45, 7) is 4.28. The molecule has 0 saturated heterocycles. The Balaban J connectivity index is 3.10. The van der Waals surface area contributed by atoms with Gasteiger partial charge in [-0.05, 0) is 0 Å². The predicted octanol–water partition coefficient (Wildman–Crippen LogP) is 2.48. The van der Waals surface area contributed by atoms with Crippen LogP contribution < -0.4 is 4.74 Å². The van der Waals surface area contributed by atoms with E-state index in [-0.39, 0.29) is 0 Å². The van der Waals surface area contributed by atoms with Crippen LogP contribution in [-0.2, 0) is 11.3 Å². The average molecular weight is 178 g/mol. The van der Waals surface area contributed by atoms with Crippen LogP contribution in [0, 0.1) is 0 Å². The molecule has 0 saturated carbocycles. The number of rotatable bonds is 4. The van der Waals surface area contributed by atoms with Gasteiger partial charge in [-0.25, -0.2) is 0 Å². The van der Waals surface area contributed by atoms with E-state index >= 15 is 0 Å². The largest absolute Gasteiger partial charge is 0.496 e. The van der Waals surface area contributed by atoms with Gasteiger partial charge in [0.1, 0.15) is 5.75 Å². The third kappa shape index (κ3) is 2.10. The molecule has 1 aromatic rings. The standard InChI is InChI=1S/C11H14O2/c1-4-9-6-5-7-10(8-12-2)11(9)13-3/h4-7H,1,8H2,2-3H3. The van der Waals surface area contributed by atoms with Crippen molar-refractivity contribution in [3.05, 3.63) is 35.9 Å².